The molecule has 172 valence electrons. The van der Waals surface area contributed by atoms with E-state index in [1.165, 1.54) is 0 Å². The van der Waals surface area contributed by atoms with Crippen LogP contribution in [0.5, 0.6) is 11.5 Å². The molecule has 0 radical (unpaired) electrons. The molecule has 2 atom stereocenters. The van der Waals surface area contributed by atoms with Gasteiger partial charge in [-0.05, 0) is 69.2 Å². The first kappa shape index (κ1) is 21.5. The molecule has 1 saturated heterocycles. The van der Waals surface area contributed by atoms with Crippen molar-refractivity contribution in [2.75, 3.05) is 13.2 Å². The van der Waals surface area contributed by atoms with Gasteiger partial charge in [0.15, 0.2) is 22.7 Å². The SMILES string of the molecule is CCCC1CCC(COc2ccc3c(oc4c(F)c(OC5CCCC5)ccc43)c2F)CO1. The Bertz CT molecular complexity index is 1080. The average molecular weight is 445 g/mol. The molecule has 0 bridgehead atoms. The third kappa shape index (κ3) is 4.17. The molecule has 2 aliphatic rings. The molecule has 1 aromatic heterocycles. The number of halogens is 2. The summed E-state index contributed by atoms with van der Waals surface area (Å²) in [5, 5.41) is 1.06. The average Bonchev–Trinajstić information content (AvgIpc) is 3.45. The summed E-state index contributed by atoms with van der Waals surface area (Å²) in [6.07, 6.45) is 8.63. The fourth-order valence-corrected chi connectivity index (χ4v) is 4.94. The summed E-state index contributed by atoms with van der Waals surface area (Å²) < 4.78 is 53.4. The summed E-state index contributed by atoms with van der Waals surface area (Å²) in [7, 11) is 0. The molecule has 6 heteroatoms. The minimum atomic E-state index is -0.600. The third-order valence-corrected chi connectivity index (χ3v) is 6.76. The smallest absolute Gasteiger partial charge is 0.208 e. The molecule has 2 unspecified atom stereocenters. The van der Waals surface area contributed by atoms with Crippen molar-refractivity contribution in [3.63, 3.8) is 0 Å². The standard InChI is InChI=1S/C26H30F2O4/c1-2-5-17-9-8-16(14-29-17)15-30-21-12-10-19-20-11-13-22(31-18-6-3-4-7-18)24(28)26(20)32-25(19)23(21)27/h10-13,16-18H,2-9,14-15H2,1H3. The Morgan fingerprint density at radius 3 is 2.25 bits per heavy atom. The number of ether oxygens (including phenoxy) is 3. The number of rotatable bonds is 7. The molecule has 32 heavy (non-hydrogen) atoms. The Morgan fingerprint density at radius 1 is 0.906 bits per heavy atom. The normalized spacial score (nSPS) is 22.1. The van der Waals surface area contributed by atoms with E-state index < -0.39 is 11.6 Å². The second-order valence-electron chi connectivity index (χ2n) is 9.13. The third-order valence-electron chi connectivity index (χ3n) is 6.76. The van der Waals surface area contributed by atoms with E-state index in [2.05, 4.69) is 6.92 Å². The van der Waals surface area contributed by atoms with E-state index in [-0.39, 0.29) is 34.7 Å². The summed E-state index contributed by atoms with van der Waals surface area (Å²) in [5.41, 5.74) is 0.0338. The van der Waals surface area contributed by atoms with E-state index in [1.54, 1.807) is 24.3 Å². The zero-order valence-corrected chi connectivity index (χ0v) is 18.5. The summed E-state index contributed by atoms with van der Waals surface area (Å²) in [4.78, 5) is 0. The molecule has 5 rings (SSSR count). The highest BCUT2D eigenvalue weighted by Gasteiger charge is 2.25. The summed E-state index contributed by atoms with van der Waals surface area (Å²) in [5.74, 6) is -0.652. The molecule has 2 heterocycles. The van der Waals surface area contributed by atoms with E-state index in [9.17, 15) is 0 Å². The summed E-state index contributed by atoms with van der Waals surface area (Å²) >= 11 is 0. The van der Waals surface area contributed by atoms with Crippen molar-refractivity contribution in [3.8, 4) is 11.5 Å². The lowest BCUT2D eigenvalue weighted by Gasteiger charge is -2.28. The topological polar surface area (TPSA) is 40.8 Å². The molecule has 1 aliphatic carbocycles. The zero-order chi connectivity index (χ0) is 22.1. The molecular formula is C26H30F2O4. The van der Waals surface area contributed by atoms with E-state index in [4.69, 9.17) is 18.6 Å². The van der Waals surface area contributed by atoms with E-state index in [0.29, 0.717) is 30.1 Å². The Kier molecular flexibility index (Phi) is 6.22. The molecule has 2 aromatic carbocycles. The number of furan rings is 1. The maximum atomic E-state index is 15.2. The molecule has 0 spiro atoms. The van der Waals surface area contributed by atoms with Gasteiger partial charge in [0.05, 0.1) is 25.4 Å². The van der Waals surface area contributed by atoms with E-state index in [1.807, 2.05) is 0 Å². The Labute approximate surface area is 186 Å². The maximum Gasteiger partial charge on any atom is 0.208 e. The first-order valence-electron chi connectivity index (χ1n) is 11.9. The van der Waals surface area contributed by atoms with Gasteiger partial charge < -0.3 is 18.6 Å². The Balaban J connectivity index is 1.34. The van der Waals surface area contributed by atoms with Gasteiger partial charge in [-0.1, -0.05) is 13.3 Å². The highest BCUT2D eigenvalue weighted by molar-refractivity contribution is 6.06. The highest BCUT2D eigenvalue weighted by Crippen LogP contribution is 2.39. The molecule has 1 saturated carbocycles. The van der Waals surface area contributed by atoms with Crippen molar-refractivity contribution >= 4 is 21.9 Å². The van der Waals surface area contributed by atoms with E-state index in [0.717, 1.165) is 51.4 Å². The van der Waals surface area contributed by atoms with Crippen molar-refractivity contribution < 1.29 is 27.4 Å². The number of fused-ring (bicyclic) bond motifs is 3. The van der Waals surface area contributed by atoms with E-state index >= 15 is 8.78 Å². The van der Waals surface area contributed by atoms with Crippen LogP contribution in [0.1, 0.15) is 58.3 Å². The molecule has 2 fully saturated rings. The van der Waals surface area contributed by atoms with Crippen molar-refractivity contribution in [1.29, 1.82) is 0 Å². The lowest BCUT2D eigenvalue weighted by Crippen LogP contribution is -2.29. The summed E-state index contributed by atoms with van der Waals surface area (Å²) in [6, 6.07) is 6.67. The van der Waals surface area contributed by atoms with Crippen LogP contribution in [-0.2, 0) is 4.74 Å². The van der Waals surface area contributed by atoms with Crippen LogP contribution in [0.2, 0.25) is 0 Å². The van der Waals surface area contributed by atoms with Gasteiger partial charge in [-0.25, -0.2) is 0 Å². The second kappa shape index (κ2) is 9.26. The van der Waals surface area contributed by atoms with Crippen LogP contribution in [-0.4, -0.2) is 25.4 Å². The van der Waals surface area contributed by atoms with Crippen LogP contribution in [0, 0.1) is 17.6 Å². The van der Waals surface area contributed by atoms with Crippen molar-refractivity contribution in [2.45, 2.75) is 70.5 Å². The first-order chi connectivity index (χ1) is 15.6. The van der Waals surface area contributed by atoms with Gasteiger partial charge in [-0.15, -0.1) is 0 Å². The van der Waals surface area contributed by atoms with Gasteiger partial charge in [0.2, 0.25) is 11.6 Å². The Hall–Kier alpha value is -2.34. The van der Waals surface area contributed by atoms with Crippen LogP contribution < -0.4 is 9.47 Å². The fourth-order valence-electron chi connectivity index (χ4n) is 4.94. The molecule has 1 aliphatic heterocycles. The van der Waals surface area contributed by atoms with Crippen LogP contribution in [0.3, 0.4) is 0 Å². The zero-order valence-electron chi connectivity index (χ0n) is 18.5. The van der Waals surface area contributed by atoms with Gasteiger partial charge in [-0.2, -0.15) is 8.78 Å². The van der Waals surface area contributed by atoms with Gasteiger partial charge in [0.25, 0.3) is 0 Å². The lowest BCUT2D eigenvalue weighted by atomic mass is 9.97. The fraction of sp³-hybridized carbons (Fsp3) is 0.538. The first-order valence-corrected chi connectivity index (χ1v) is 11.9. The number of benzene rings is 2. The van der Waals surface area contributed by atoms with Gasteiger partial charge in [-0.3, -0.25) is 0 Å². The summed E-state index contributed by atoms with van der Waals surface area (Å²) in [6.45, 7) is 3.17. The maximum absolute atomic E-state index is 15.2. The molecule has 3 aromatic rings. The largest absolute Gasteiger partial charge is 0.490 e. The lowest BCUT2D eigenvalue weighted by molar-refractivity contribution is -0.0309. The predicted octanol–water partition coefficient (Wildman–Crippen LogP) is 7.16. The van der Waals surface area contributed by atoms with Crippen LogP contribution in [0.15, 0.2) is 28.7 Å². The molecule has 0 N–H and O–H groups in total. The molecule has 4 nitrogen and oxygen atoms in total. The quantitative estimate of drug-likeness (QED) is 0.388. The van der Waals surface area contributed by atoms with Crippen LogP contribution in [0.4, 0.5) is 8.78 Å². The minimum Gasteiger partial charge on any atom is -0.490 e. The number of hydrogen-bond acceptors (Lipinski definition) is 4. The van der Waals surface area contributed by atoms with Gasteiger partial charge in [0, 0.05) is 16.7 Å². The van der Waals surface area contributed by atoms with Crippen LogP contribution >= 0.6 is 0 Å². The Morgan fingerprint density at radius 2 is 1.59 bits per heavy atom. The molecular weight excluding hydrogens is 414 g/mol. The van der Waals surface area contributed by atoms with Crippen LogP contribution in [0.25, 0.3) is 21.9 Å². The van der Waals surface area contributed by atoms with Crippen molar-refractivity contribution in [2.24, 2.45) is 5.92 Å². The van der Waals surface area contributed by atoms with Gasteiger partial charge >= 0.3 is 0 Å². The van der Waals surface area contributed by atoms with Crippen molar-refractivity contribution in [1.82, 2.24) is 0 Å². The molecule has 0 amide bonds. The van der Waals surface area contributed by atoms with Crippen molar-refractivity contribution in [3.05, 3.63) is 35.9 Å². The monoisotopic (exact) mass is 444 g/mol. The second-order valence-corrected chi connectivity index (χ2v) is 9.13. The minimum absolute atomic E-state index is 0.0114. The predicted molar refractivity (Wildman–Crippen MR) is 119 cm³/mol. The highest BCUT2D eigenvalue weighted by atomic mass is 19.1. The van der Waals surface area contributed by atoms with Gasteiger partial charge in [0.1, 0.15) is 0 Å². The number of hydrogen-bond donors (Lipinski definition) is 0.